The Morgan fingerprint density at radius 1 is 0.179 bits per heavy atom. The topological polar surface area (TPSA) is 0 Å². The van der Waals surface area contributed by atoms with Gasteiger partial charge in [-0.3, -0.25) is 0 Å². The predicted molar refractivity (Wildman–Crippen MR) is 363 cm³/mol. The zero-order valence-electron chi connectivity index (χ0n) is 77.5. The standard InChI is InChI=1S/C44H28.C40H26/c1-4-18-33-29(12-1)15-9-23-36(33)32-26-27-41-42(28-32)44(38-25-11-17-31-14-3-6-20-35(31)38)40-22-8-7-21-39(40)43(41)37-24-10-16-30-13-2-5-19-34(30)37;1-2-12-31-26-32(25-22-27(31)10-1)28-20-23-30(24-21-28)39-35-15-5-7-17-37(35)40(38-18-8-6-16-36(38)39)34-19-9-13-29-11-3-4-14-33(29)34/h1-28H;1-26H/i1D,2D,3D,4D,5D,6D,7D,8D,9D,10D,11D,12D,13D,14D,15D,16D,17D,18D,20D,21D,22D,23D,24D,25D,26D,27D,28D;3D,4D,9D,11D,13D,14D,19D. The maximum atomic E-state index is 10.2. The second-order valence-corrected chi connectivity index (χ2v) is 19.6. The molecule has 390 valence electrons. The molecule has 0 aliphatic heterocycles. The molecule has 0 bridgehead atoms. The molecule has 0 aliphatic rings. The van der Waals surface area contributed by atoms with E-state index in [0.717, 1.165) is 49.9 Å². The maximum Gasteiger partial charge on any atom is 0.0636 e. The summed E-state index contributed by atoms with van der Waals surface area (Å²) in [5.74, 6) is 0. The summed E-state index contributed by atoms with van der Waals surface area (Å²) in [7, 11) is 0. The van der Waals surface area contributed by atoms with Gasteiger partial charge in [0.2, 0.25) is 0 Å². The molecule has 0 amide bonds. The SMILES string of the molecule is [2H]c1c([2H])c([2H])c2c(-c3c4ccccc4c(-c4ccc(-c5ccc6ccccc6c5)cc4)c4ccccc34)c([2H])c([2H])c([2H])c2c1[2H].[2H]c1cc2c(-c3c4c([2H])c([2H])c([2H])c([2H])c4c(-c4c([2H])c([2H])c([2H])c5c([2H])c([2H])c([2H])c([2H])c45)c4c([2H])c(-c5c([2H])c([2H])c([2H])c6c([2H])c([2H])c([2H])c([2H])c56)c([2H])c([2H])c34)c([2H])c([2H])c([2H])c2c([2H])c1[2H]. The van der Waals surface area contributed by atoms with E-state index in [1.54, 1.807) is 0 Å². The lowest BCUT2D eigenvalue weighted by molar-refractivity contribution is 1.63. The molecular formula is C84H54. The molecule has 0 fully saturated rings. The van der Waals surface area contributed by atoms with Crippen molar-refractivity contribution >= 4 is 97.0 Å². The third-order valence-corrected chi connectivity index (χ3v) is 15.0. The van der Waals surface area contributed by atoms with Crippen molar-refractivity contribution in [1.29, 1.82) is 0 Å². The molecule has 0 atom stereocenters. The summed E-state index contributed by atoms with van der Waals surface area (Å²) in [6, 6.07) is 12.4. The molecule has 17 aromatic rings. The van der Waals surface area contributed by atoms with Gasteiger partial charge in [-0.2, -0.15) is 0 Å². The molecule has 17 aromatic carbocycles. The fraction of sp³-hybridized carbons (Fsp3) is 0. The zero-order valence-corrected chi connectivity index (χ0v) is 43.5. The fourth-order valence-corrected chi connectivity index (χ4v) is 11.3. The summed E-state index contributed by atoms with van der Waals surface area (Å²) < 4.78 is 304. The van der Waals surface area contributed by atoms with Crippen LogP contribution in [0.2, 0.25) is 0 Å². The summed E-state index contributed by atoms with van der Waals surface area (Å²) in [4.78, 5) is 0. The minimum absolute atomic E-state index is 0.0477. The van der Waals surface area contributed by atoms with E-state index in [9.17, 15) is 12.3 Å². The number of hydrogen-bond donors (Lipinski definition) is 0. The van der Waals surface area contributed by atoms with Gasteiger partial charge in [0.05, 0.1) is 46.6 Å². The highest BCUT2D eigenvalue weighted by atomic mass is 14.2. The third-order valence-electron chi connectivity index (χ3n) is 15.0. The van der Waals surface area contributed by atoms with Gasteiger partial charge in [-0.15, -0.1) is 0 Å². The first-order valence-corrected chi connectivity index (χ1v) is 26.4. The lowest BCUT2D eigenvalue weighted by Gasteiger charge is -2.20. The van der Waals surface area contributed by atoms with Crippen LogP contribution in [0.1, 0.15) is 46.6 Å². The van der Waals surface area contributed by atoms with Crippen molar-refractivity contribution in [1.82, 2.24) is 0 Å². The molecule has 17 rings (SSSR count). The Morgan fingerprint density at radius 2 is 0.560 bits per heavy atom. The second-order valence-electron chi connectivity index (χ2n) is 19.6. The molecule has 0 unspecified atom stereocenters. The highest BCUT2D eigenvalue weighted by molar-refractivity contribution is 6.27. The summed E-state index contributed by atoms with van der Waals surface area (Å²) in [5, 5.41) is -0.789. The number of hydrogen-bond acceptors (Lipinski definition) is 0. The average molecular weight is 1100 g/mol. The molecule has 0 nitrogen and oxygen atoms in total. The number of fused-ring (bicyclic) bond motifs is 9. The minimum atomic E-state index is -1.08. The van der Waals surface area contributed by atoms with E-state index in [1.807, 2.05) is 60.7 Å². The van der Waals surface area contributed by atoms with Crippen LogP contribution in [0, 0.1) is 0 Å². The van der Waals surface area contributed by atoms with Crippen LogP contribution < -0.4 is 0 Å². The van der Waals surface area contributed by atoms with E-state index in [4.69, 9.17) is 34.3 Å². The van der Waals surface area contributed by atoms with Crippen molar-refractivity contribution in [3.8, 4) is 66.8 Å². The van der Waals surface area contributed by atoms with E-state index < -0.39 is 262 Å². The molecule has 0 N–H and O–H groups in total. The van der Waals surface area contributed by atoms with Crippen LogP contribution in [0.25, 0.3) is 164 Å². The zero-order chi connectivity index (χ0) is 85.1. The molecule has 0 heterocycles. The van der Waals surface area contributed by atoms with Gasteiger partial charge in [0.15, 0.2) is 0 Å². The summed E-state index contributed by atoms with van der Waals surface area (Å²) in [6.45, 7) is 0. The van der Waals surface area contributed by atoms with Gasteiger partial charge in [0.1, 0.15) is 0 Å². The summed E-state index contributed by atoms with van der Waals surface area (Å²) in [6.07, 6.45) is 0. The van der Waals surface area contributed by atoms with Crippen molar-refractivity contribution in [2.75, 3.05) is 0 Å². The predicted octanol–water partition coefficient (Wildman–Crippen LogP) is 23.8. The lowest BCUT2D eigenvalue weighted by atomic mass is 9.82. The van der Waals surface area contributed by atoms with Crippen LogP contribution in [0.4, 0.5) is 0 Å². The molecule has 0 saturated heterocycles. The third kappa shape index (κ3) is 8.30. The molecule has 0 saturated carbocycles. The van der Waals surface area contributed by atoms with Gasteiger partial charge in [0.25, 0.3) is 0 Å². The minimum Gasteiger partial charge on any atom is -0.0616 e. The first-order valence-electron chi connectivity index (χ1n) is 43.4. The Labute approximate surface area is 536 Å². The highest BCUT2D eigenvalue weighted by Gasteiger charge is 2.22. The van der Waals surface area contributed by atoms with Gasteiger partial charge in [-0.25, -0.2) is 0 Å². The summed E-state index contributed by atoms with van der Waals surface area (Å²) in [5.41, 5.74) is 0.593. The average Bonchev–Trinajstić information content (AvgIpc) is 0.677. The molecule has 0 radical (unpaired) electrons. The monoisotopic (exact) mass is 1100 g/mol. The van der Waals surface area contributed by atoms with Crippen LogP contribution >= 0.6 is 0 Å². The molecule has 0 aliphatic carbocycles. The second kappa shape index (κ2) is 20.6. The number of rotatable bonds is 6. The first-order chi connectivity index (χ1) is 55.8. The Hall–Kier alpha value is -10.9. The van der Waals surface area contributed by atoms with Crippen molar-refractivity contribution in [3.05, 3.63) is 327 Å². The van der Waals surface area contributed by atoms with E-state index in [2.05, 4.69) is 54.6 Å². The Morgan fingerprint density at radius 3 is 1.13 bits per heavy atom. The maximum absolute atomic E-state index is 10.2. The lowest BCUT2D eigenvalue weighted by Crippen LogP contribution is -1.93. The van der Waals surface area contributed by atoms with Gasteiger partial charge in [-0.1, -0.05) is 315 Å². The highest BCUT2D eigenvalue weighted by Crippen LogP contribution is 2.49. The van der Waals surface area contributed by atoms with Crippen LogP contribution in [0.15, 0.2) is 327 Å². The number of benzene rings is 17. The van der Waals surface area contributed by atoms with Crippen molar-refractivity contribution in [2.45, 2.75) is 0 Å². The van der Waals surface area contributed by atoms with Gasteiger partial charge >= 0.3 is 0 Å². The van der Waals surface area contributed by atoms with Gasteiger partial charge in [-0.05, 0) is 176 Å². The van der Waals surface area contributed by atoms with Gasteiger partial charge in [0, 0.05) is 0 Å². The molecule has 0 heteroatoms. The smallest absolute Gasteiger partial charge is 0.0616 e. The van der Waals surface area contributed by atoms with E-state index in [0.29, 0.717) is 5.56 Å². The van der Waals surface area contributed by atoms with E-state index in [-0.39, 0.29) is 46.5 Å². The molecule has 84 heavy (non-hydrogen) atoms. The van der Waals surface area contributed by atoms with Gasteiger partial charge < -0.3 is 0 Å². The Kier molecular flexibility index (Phi) is 6.24. The van der Waals surface area contributed by atoms with E-state index in [1.165, 1.54) is 10.8 Å². The largest absolute Gasteiger partial charge is 0.0636 e. The summed E-state index contributed by atoms with van der Waals surface area (Å²) >= 11 is 0. The fourth-order valence-electron chi connectivity index (χ4n) is 11.3. The van der Waals surface area contributed by atoms with Crippen molar-refractivity contribution in [2.24, 2.45) is 0 Å². The van der Waals surface area contributed by atoms with Crippen molar-refractivity contribution in [3.63, 3.8) is 0 Å². The van der Waals surface area contributed by atoms with Crippen LogP contribution in [0.5, 0.6) is 0 Å². The first kappa shape index (κ1) is 25.5. The molecule has 0 spiro atoms. The van der Waals surface area contributed by atoms with Crippen LogP contribution in [0.3, 0.4) is 0 Å². The Bertz CT molecular complexity index is 7430. The normalized spacial score (nSPS) is 17.2. The Balaban J connectivity index is 0.000000191. The molecule has 0 aromatic heterocycles. The quantitative estimate of drug-likeness (QED) is 0.146. The molecular weight excluding hydrogens is 1010 g/mol. The van der Waals surface area contributed by atoms with Crippen LogP contribution in [-0.2, 0) is 0 Å². The van der Waals surface area contributed by atoms with Crippen molar-refractivity contribution < 1.29 is 46.6 Å². The van der Waals surface area contributed by atoms with Crippen LogP contribution in [-0.4, -0.2) is 0 Å². The van der Waals surface area contributed by atoms with E-state index >= 15 is 0 Å².